The van der Waals surface area contributed by atoms with Crippen molar-refractivity contribution in [2.45, 2.75) is 13.3 Å². The quantitative estimate of drug-likeness (QED) is 0.518. The fourth-order valence-corrected chi connectivity index (χ4v) is 2.50. The number of nitrogens with zero attached hydrogens (tertiary/aromatic N) is 1. The Kier molecular flexibility index (Phi) is 7.43. The molecule has 0 unspecified atom stereocenters. The monoisotopic (exact) mass is 305 g/mol. The normalized spacial score (nSPS) is 15.7. The van der Waals surface area contributed by atoms with Gasteiger partial charge < -0.3 is 14.2 Å². The van der Waals surface area contributed by atoms with E-state index in [1.54, 1.807) is 0 Å². The highest BCUT2D eigenvalue weighted by Crippen LogP contribution is 2.20. The largest absolute Gasteiger partial charge is 0.491 e. The van der Waals surface area contributed by atoms with Crippen molar-refractivity contribution in [3.63, 3.8) is 0 Å². The van der Waals surface area contributed by atoms with Gasteiger partial charge >= 0.3 is 0 Å². The van der Waals surface area contributed by atoms with E-state index in [2.05, 4.69) is 30.5 Å². The summed E-state index contributed by atoms with van der Waals surface area (Å²) in [6.45, 7) is 12.5. The fourth-order valence-electron chi connectivity index (χ4n) is 2.50. The molecule has 1 aliphatic heterocycles. The summed E-state index contributed by atoms with van der Waals surface area (Å²) >= 11 is 0. The molecule has 0 atom stereocenters. The van der Waals surface area contributed by atoms with E-state index < -0.39 is 0 Å². The molecule has 1 saturated heterocycles. The van der Waals surface area contributed by atoms with Crippen LogP contribution in [0.3, 0.4) is 0 Å². The van der Waals surface area contributed by atoms with Crippen LogP contribution in [0.4, 0.5) is 0 Å². The lowest BCUT2D eigenvalue weighted by molar-refractivity contribution is 0.0170. The van der Waals surface area contributed by atoms with Gasteiger partial charge in [-0.05, 0) is 25.0 Å². The Hall–Kier alpha value is -1.36. The number of hydrogen-bond donors (Lipinski definition) is 0. The summed E-state index contributed by atoms with van der Waals surface area (Å²) in [4.78, 5) is 2.37. The third-order valence-electron chi connectivity index (χ3n) is 3.72. The maximum Gasteiger partial charge on any atom is 0.122 e. The minimum Gasteiger partial charge on any atom is -0.491 e. The predicted octanol–water partition coefficient (Wildman–Crippen LogP) is 2.45. The Morgan fingerprint density at radius 2 is 2.05 bits per heavy atom. The van der Waals surface area contributed by atoms with Crippen LogP contribution in [0.1, 0.15) is 11.1 Å². The summed E-state index contributed by atoms with van der Waals surface area (Å²) in [6, 6.07) is 6.25. The molecule has 1 aromatic rings. The second-order valence-corrected chi connectivity index (χ2v) is 5.52. The first-order valence-electron chi connectivity index (χ1n) is 8.00. The van der Waals surface area contributed by atoms with E-state index in [1.165, 1.54) is 11.1 Å². The van der Waals surface area contributed by atoms with Gasteiger partial charge in [0.05, 0.1) is 26.4 Å². The van der Waals surface area contributed by atoms with E-state index in [9.17, 15) is 0 Å². The van der Waals surface area contributed by atoms with Crippen molar-refractivity contribution in [2.75, 3.05) is 52.7 Å². The van der Waals surface area contributed by atoms with Crippen LogP contribution in [-0.2, 0) is 15.9 Å². The van der Waals surface area contributed by atoms with Crippen LogP contribution in [0, 0.1) is 6.92 Å². The summed E-state index contributed by atoms with van der Waals surface area (Å²) < 4.78 is 16.8. The summed E-state index contributed by atoms with van der Waals surface area (Å²) in [6.07, 6.45) is 2.73. The molecular weight excluding hydrogens is 278 g/mol. The van der Waals surface area contributed by atoms with Gasteiger partial charge in [-0.3, -0.25) is 4.90 Å². The lowest BCUT2D eigenvalue weighted by atomic mass is 10.1. The molecule has 0 amide bonds. The van der Waals surface area contributed by atoms with Gasteiger partial charge in [-0.25, -0.2) is 0 Å². The van der Waals surface area contributed by atoms with Gasteiger partial charge in [0.25, 0.3) is 0 Å². The number of rotatable bonds is 9. The van der Waals surface area contributed by atoms with Crippen molar-refractivity contribution in [1.29, 1.82) is 0 Å². The number of allylic oxidation sites excluding steroid dienone is 1. The van der Waals surface area contributed by atoms with E-state index in [1.807, 2.05) is 12.1 Å². The van der Waals surface area contributed by atoms with Crippen LogP contribution in [0.5, 0.6) is 5.75 Å². The molecule has 0 saturated carbocycles. The molecule has 1 heterocycles. The maximum absolute atomic E-state index is 5.83. The first-order valence-corrected chi connectivity index (χ1v) is 8.00. The molecule has 0 N–H and O–H groups in total. The van der Waals surface area contributed by atoms with E-state index >= 15 is 0 Å². The van der Waals surface area contributed by atoms with Crippen molar-refractivity contribution in [2.24, 2.45) is 0 Å². The van der Waals surface area contributed by atoms with Gasteiger partial charge in [-0.1, -0.05) is 23.8 Å². The Labute approximate surface area is 133 Å². The minimum absolute atomic E-state index is 0.580. The number of hydrogen-bond acceptors (Lipinski definition) is 4. The number of ether oxygens (including phenoxy) is 3. The lowest BCUT2D eigenvalue weighted by Crippen LogP contribution is -2.38. The SMILES string of the molecule is C=CCc1cc(C)ccc1OCCOCCN1CCOCC1. The Balaban J connectivity index is 1.62. The van der Waals surface area contributed by atoms with Crippen molar-refractivity contribution in [3.8, 4) is 5.75 Å². The van der Waals surface area contributed by atoms with Gasteiger partial charge in [0.15, 0.2) is 0 Å². The van der Waals surface area contributed by atoms with Gasteiger partial charge in [0, 0.05) is 19.6 Å². The van der Waals surface area contributed by atoms with Gasteiger partial charge in [0.1, 0.15) is 12.4 Å². The van der Waals surface area contributed by atoms with Crippen LogP contribution in [0.2, 0.25) is 0 Å². The Morgan fingerprint density at radius 1 is 1.23 bits per heavy atom. The van der Waals surface area contributed by atoms with Crippen molar-refractivity contribution in [1.82, 2.24) is 4.90 Å². The van der Waals surface area contributed by atoms with Crippen LogP contribution in [-0.4, -0.2) is 57.6 Å². The van der Waals surface area contributed by atoms with Crippen LogP contribution >= 0.6 is 0 Å². The molecule has 22 heavy (non-hydrogen) atoms. The van der Waals surface area contributed by atoms with Gasteiger partial charge in [-0.15, -0.1) is 6.58 Å². The molecule has 4 nitrogen and oxygen atoms in total. The molecule has 1 aromatic carbocycles. The van der Waals surface area contributed by atoms with E-state index in [0.717, 1.165) is 51.6 Å². The molecule has 4 heteroatoms. The van der Waals surface area contributed by atoms with E-state index in [4.69, 9.17) is 14.2 Å². The summed E-state index contributed by atoms with van der Waals surface area (Å²) in [5, 5.41) is 0. The van der Waals surface area contributed by atoms with Crippen LogP contribution < -0.4 is 4.74 Å². The van der Waals surface area contributed by atoms with Crippen molar-refractivity contribution >= 4 is 0 Å². The molecule has 0 aromatic heterocycles. The first kappa shape index (κ1) is 17.0. The topological polar surface area (TPSA) is 30.9 Å². The lowest BCUT2D eigenvalue weighted by Gasteiger charge is -2.26. The first-order chi connectivity index (χ1) is 10.8. The average Bonchev–Trinajstić information content (AvgIpc) is 2.54. The molecule has 0 spiro atoms. The smallest absolute Gasteiger partial charge is 0.122 e. The van der Waals surface area contributed by atoms with Crippen LogP contribution in [0.25, 0.3) is 0 Å². The number of morpholine rings is 1. The van der Waals surface area contributed by atoms with Crippen molar-refractivity contribution in [3.05, 3.63) is 42.0 Å². The van der Waals surface area contributed by atoms with Gasteiger partial charge in [-0.2, -0.15) is 0 Å². The molecule has 2 rings (SSSR count). The van der Waals surface area contributed by atoms with Gasteiger partial charge in [0.2, 0.25) is 0 Å². The molecule has 0 aliphatic carbocycles. The second-order valence-electron chi connectivity index (χ2n) is 5.52. The molecule has 122 valence electrons. The third kappa shape index (κ3) is 5.79. The maximum atomic E-state index is 5.83. The number of aryl methyl sites for hydroxylation is 1. The highest BCUT2D eigenvalue weighted by atomic mass is 16.5. The van der Waals surface area contributed by atoms with Crippen molar-refractivity contribution < 1.29 is 14.2 Å². The summed E-state index contributed by atoms with van der Waals surface area (Å²) in [5.74, 6) is 0.933. The summed E-state index contributed by atoms with van der Waals surface area (Å²) in [5.41, 5.74) is 2.43. The fraction of sp³-hybridized carbons (Fsp3) is 0.556. The summed E-state index contributed by atoms with van der Waals surface area (Å²) in [7, 11) is 0. The Bertz CT molecular complexity index is 456. The van der Waals surface area contributed by atoms with E-state index in [-0.39, 0.29) is 0 Å². The zero-order valence-electron chi connectivity index (χ0n) is 13.6. The van der Waals surface area contributed by atoms with E-state index in [0.29, 0.717) is 13.2 Å². The predicted molar refractivity (Wildman–Crippen MR) is 88.7 cm³/mol. The number of benzene rings is 1. The zero-order chi connectivity index (χ0) is 15.6. The van der Waals surface area contributed by atoms with Crippen LogP contribution in [0.15, 0.2) is 30.9 Å². The standard InChI is InChI=1S/C18H27NO3/c1-3-4-17-15-16(2)5-6-18(17)22-14-13-21-12-9-19-7-10-20-11-8-19/h3,5-6,15H,1,4,7-14H2,2H3. The second kappa shape index (κ2) is 9.62. The molecule has 1 fully saturated rings. The highest BCUT2D eigenvalue weighted by molar-refractivity contribution is 5.38. The third-order valence-corrected chi connectivity index (χ3v) is 3.72. The molecule has 0 radical (unpaired) electrons. The molecule has 1 aliphatic rings. The minimum atomic E-state index is 0.580. The zero-order valence-corrected chi connectivity index (χ0v) is 13.6. The average molecular weight is 305 g/mol. The Morgan fingerprint density at radius 3 is 2.82 bits per heavy atom. The molecule has 0 bridgehead atoms. The molecular formula is C18H27NO3. The highest BCUT2D eigenvalue weighted by Gasteiger charge is 2.09.